The average molecular weight is 316 g/mol. The highest BCUT2D eigenvalue weighted by Gasteiger charge is 2.30. The minimum absolute atomic E-state index is 0.271. The second kappa shape index (κ2) is 5.42. The number of pyridine rings is 1. The smallest absolute Gasteiger partial charge is 0.263 e. The Bertz CT molecular complexity index is 844. The highest BCUT2D eigenvalue weighted by molar-refractivity contribution is 7.90. The first-order valence-electron chi connectivity index (χ1n) is 6.77. The van der Waals surface area contributed by atoms with E-state index in [2.05, 4.69) is 14.7 Å². The normalized spacial score (nSPS) is 17.1. The van der Waals surface area contributed by atoms with Gasteiger partial charge in [0.1, 0.15) is 11.7 Å². The number of rotatable bonds is 3. The Morgan fingerprint density at radius 3 is 2.73 bits per heavy atom. The maximum absolute atomic E-state index is 12.0. The Balaban J connectivity index is 1.96. The first-order chi connectivity index (χ1) is 10.5. The van der Waals surface area contributed by atoms with E-state index in [-0.39, 0.29) is 4.90 Å². The van der Waals surface area contributed by atoms with E-state index in [1.54, 1.807) is 30.5 Å². The Morgan fingerprint density at radius 2 is 1.95 bits per heavy atom. The maximum Gasteiger partial charge on any atom is 0.263 e. The summed E-state index contributed by atoms with van der Waals surface area (Å²) in [4.78, 5) is 10.9. The first kappa shape index (κ1) is 14.5. The molecule has 2 heterocycles. The van der Waals surface area contributed by atoms with Crippen molar-refractivity contribution in [3.05, 3.63) is 53.7 Å². The lowest BCUT2D eigenvalue weighted by Gasteiger charge is -2.14. The monoisotopic (exact) mass is 316 g/mol. The van der Waals surface area contributed by atoms with E-state index in [0.29, 0.717) is 17.9 Å². The summed E-state index contributed by atoms with van der Waals surface area (Å²) in [6.45, 7) is 0.355. The molecule has 0 radical (unpaired) electrons. The lowest BCUT2D eigenvalue weighted by molar-refractivity contribution is 0.595. The van der Waals surface area contributed by atoms with Crippen molar-refractivity contribution in [1.29, 1.82) is 0 Å². The second-order valence-electron chi connectivity index (χ2n) is 5.15. The van der Waals surface area contributed by atoms with E-state index in [1.807, 2.05) is 31.1 Å². The van der Waals surface area contributed by atoms with Gasteiger partial charge in [0.05, 0.1) is 11.4 Å². The van der Waals surface area contributed by atoms with Gasteiger partial charge in [-0.05, 0) is 18.2 Å². The van der Waals surface area contributed by atoms with Gasteiger partial charge in [0.25, 0.3) is 10.0 Å². The summed E-state index contributed by atoms with van der Waals surface area (Å²) in [5.74, 6) is 1.20. The number of fused-ring (bicyclic) bond motifs is 1. The maximum atomic E-state index is 12.0. The van der Waals surface area contributed by atoms with Crippen molar-refractivity contribution in [2.24, 2.45) is 4.99 Å². The van der Waals surface area contributed by atoms with Crippen LogP contribution in [-0.2, 0) is 16.6 Å². The molecule has 22 heavy (non-hydrogen) atoms. The molecule has 0 saturated heterocycles. The molecule has 3 rings (SSSR count). The van der Waals surface area contributed by atoms with Crippen LogP contribution in [0.3, 0.4) is 0 Å². The van der Waals surface area contributed by atoms with E-state index in [4.69, 9.17) is 0 Å². The number of benzene rings is 1. The van der Waals surface area contributed by atoms with Crippen molar-refractivity contribution in [1.82, 2.24) is 9.71 Å². The van der Waals surface area contributed by atoms with Gasteiger partial charge < -0.3 is 4.90 Å². The van der Waals surface area contributed by atoms with E-state index >= 15 is 0 Å². The third kappa shape index (κ3) is 2.55. The third-order valence-corrected chi connectivity index (χ3v) is 4.76. The number of anilines is 1. The standard InChI is InChI=1S/C15H16N4O2S/c1-19(2)15-11(6-5-9-16-15)10-17-14-12-7-3-4-8-13(12)22(20,21)18-14/h3-9H,10H2,1-2H3,(H,17,18). The molecule has 0 atom stereocenters. The predicted octanol–water partition coefficient (Wildman–Crippen LogP) is 1.39. The van der Waals surface area contributed by atoms with Crippen LogP contribution in [0.4, 0.5) is 5.82 Å². The zero-order chi connectivity index (χ0) is 15.7. The zero-order valence-electron chi connectivity index (χ0n) is 12.3. The summed E-state index contributed by atoms with van der Waals surface area (Å²) in [6, 6.07) is 10.6. The molecule has 1 aromatic carbocycles. The molecule has 0 amide bonds. The van der Waals surface area contributed by atoms with Crippen LogP contribution >= 0.6 is 0 Å². The van der Waals surface area contributed by atoms with Gasteiger partial charge in [-0.3, -0.25) is 9.71 Å². The number of aliphatic imine (C=N–C) groups is 1. The highest BCUT2D eigenvalue weighted by atomic mass is 32.2. The largest absolute Gasteiger partial charge is 0.362 e. The molecule has 1 N–H and O–H groups in total. The van der Waals surface area contributed by atoms with Crippen LogP contribution in [0.2, 0.25) is 0 Å². The molecule has 2 aromatic rings. The highest BCUT2D eigenvalue weighted by Crippen LogP contribution is 2.23. The van der Waals surface area contributed by atoms with E-state index < -0.39 is 10.0 Å². The number of sulfonamides is 1. The summed E-state index contributed by atoms with van der Waals surface area (Å²) in [5, 5.41) is 0. The fourth-order valence-electron chi connectivity index (χ4n) is 2.37. The van der Waals surface area contributed by atoms with Crippen molar-refractivity contribution in [2.45, 2.75) is 11.4 Å². The number of nitrogens with one attached hydrogen (secondary N) is 1. The summed E-state index contributed by atoms with van der Waals surface area (Å²) in [7, 11) is 0.326. The van der Waals surface area contributed by atoms with Crippen molar-refractivity contribution in [3.63, 3.8) is 0 Å². The minimum Gasteiger partial charge on any atom is -0.362 e. The number of hydrogen-bond donors (Lipinski definition) is 1. The van der Waals surface area contributed by atoms with Crippen molar-refractivity contribution in [2.75, 3.05) is 19.0 Å². The summed E-state index contributed by atoms with van der Waals surface area (Å²) in [5.41, 5.74) is 1.54. The molecule has 0 unspecified atom stereocenters. The molecular weight excluding hydrogens is 300 g/mol. The third-order valence-electron chi connectivity index (χ3n) is 3.36. The number of aromatic nitrogens is 1. The Kier molecular flexibility index (Phi) is 3.58. The number of amidine groups is 1. The quantitative estimate of drug-likeness (QED) is 0.928. The average Bonchev–Trinajstić information content (AvgIpc) is 2.77. The summed E-state index contributed by atoms with van der Waals surface area (Å²) >= 11 is 0. The van der Waals surface area contributed by atoms with Crippen LogP contribution in [0.25, 0.3) is 0 Å². The lowest BCUT2D eigenvalue weighted by atomic mass is 10.2. The minimum atomic E-state index is -3.49. The molecule has 1 aliphatic rings. The molecular formula is C15H16N4O2S. The van der Waals surface area contributed by atoms with Crippen molar-refractivity contribution < 1.29 is 8.42 Å². The number of hydrogen-bond acceptors (Lipinski definition) is 5. The summed E-state index contributed by atoms with van der Waals surface area (Å²) in [6.07, 6.45) is 1.72. The molecule has 7 heteroatoms. The SMILES string of the molecule is CN(C)c1ncccc1CN=C1NS(=O)(=O)c2ccccc21. The topological polar surface area (TPSA) is 74.7 Å². The lowest BCUT2D eigenvalue weighted by Crippen LogP contribution is -2.22. The van der Waals surface area contributed by atoms with E-state index in [0.717, 1.165) is 11.4 Å². The van der Waals surface area contributed by atoms with Crippen LogP contribution in [-0.4, -0.2) is 33.3 Å². The van der Waals surface area contributed by atoms with Gasteiger partial charge in [0, 0.05) is 31.4 Å². The van der Waals surface area contributed by atoms with Crippen molar-refractivity contribution in [3.8, 4) is 0 Å². The molecule has 1 aromatic heterocycles. The molecule has 0 aliphatic carbocycles. The van der Waals surface area contributed by atoms with E-state index in [9.17, 15) is 8.42 Å². The van der Waals surface area contributed by atoms with Gasteiger partial charge in [0.15, 0.2) is 0 Å². The second-order valence-corrected chi connectivity index (χ2v) is 6.80. The van der Waals surface area contributed by atoms with Gasteiger partial charge in [-0.15, -0.1) is 0 Å². The Hall–Kier alpha value is -2.41. The Labute approximate surface area is 129 Å². The van der Waals surface area contributed by atoms with Gasteiger partial charge in [-0.25, -0.2) is 13.4 Å². The number of nitrogens with zero attached hydrogens (tertiary/aromatic N) is 3. The molecule has 114 valence electrons. The summed E-state index contributed by atoms with van der Waals surface area (Å²) < 4.78 is 26.6. The molecule has 6 nitrogen and oxygen atoms in total. The predicted molar refractivity (Wildman–Crippen MR) is 85.6 cm³/mol. The van der Waals surface area contributed by atoms with Gasteiger partial charge in [-0.2, -0.15) is 0 Å². The van der Waals surface area contributed by atoms with Crippen molar-refractivity contribution >= 4 is 21.7 Å². The molecule has 0 fully saturated rings. The van der Waals surface area contributed by atoms with Crippen LogP contribution in [0, 0.1) is 0 Å². The van der Waals surface area contributed by atoms with Crippen LogP contribution < -0.4 is 9.62 Å². The Morgan fingerprint density at radius 1 is 1.18 bits per heavy atom. The van der Waals surface area contributed by atoms with Gasteiger partial charge in [-0.1, -0.05) is 18.2 Å². The molecule has 1 aliphatic heterocycles. The molecule has 0 spiro atoms. The van der Waals surface area contributed by atoms with Crippen LogP contribution in [0.15, 0.2) is 52.5 Å². The zero-order valence-corrected chi connectivity index (χ0v) is 13.1. The fraction of sp³-hybridized carbons (Fsp3) is 0.200. The van der Waals surface area contributed by atoms with E-state index in [1.165, 1.54) is 0 Å². The first-order valence-corrected chi connectivity index (χ1v) is 8.25. The van der Waals surface area contributed by atoms with Gasteiger partial charge >= 0.3 is 0 Å². The van der Waals surface area contributed by atoms with Gasteiger partial charge in [0.2, 0.25) is 0 Å². The van der Waals surface area contributed by atoms with Crippen LogP contribution in [0.1, 0.15) is 11.1 Å². The van der Waals surface area contributed by atoms with Crippen LogP contribution in [0.5, 0.6) is 0 Å². The molecule has 0 bridgehead atoms. The molecule has 0 saturated carbocycles. The fourth-order valence-corrected chi connectivity index (χ4v) is 3.62.